The van der Waals surface area contributed by atoms with Crippen LogP contribution in [0.2, 0.25) is 0 Å². The summed E-state index contributed by atoms with van der Waals surface area (Å²) in [6, 6.07) is 0. The molecule has 1 fully saturated rings. The zero-order valence-electron chi connectivity index (χ0n) is 4.92. The second-order valence-electron chi connectivity index (χ2n) is 1.81. The molecule has 53 valence electrons. The van der Waals surface area contributed by atoms with E-state index in [1.54, 1.807) is 0 Å². The lowest BCUT2D eigenvalue weighted by molar-refractivity contribution is -0.127. The van der Waals surface area contributed by atoms with Crippen molar-refractivity contribution in [2.75, 3.05) is 0 Å². The number of hydrogen-bond acceptors (Lipinski definition) is 4. The van der Waals surface area contributed by atoms with Crippen LogP contribution in [0.4, 0.5) is 0 Å². The molecule has 5 nitrogen and oxygen atoms in total. The Labute approximate surface area is 56.3 Å². The molecule has 0 aromatic rings. The topological polar surface area (TPSA) is 72.5 Å². The second-order valence-corrected chi connectivity index (χ2v) is 1.81. The molecular formula is C5H4NO4. The van der Waals surface area contributed by atoms with E-state index in [2.05, 4.69) is 4.74 Å². The normalized spacial score (nSPS) is 24.2. The number of hydrogen-bond donors (Lipinski definition) is 1. The van der Waals surface area contributed by atoms with E-state index >= 15 is 0 Å². The lowest BCUT2D eigenvalue weighted by atomic mass is 10.3. The number of ether oxygens (including phenoxy) is 1. The first kappa shape index (κ1) is 6.73. The van der Waals surface area contributed by atoms with Gasteiger partial charge in [0.15, 0.2) is 6.10 Å². The number of carbonyl (C=O) groups excluding carboxylic acids is 3. The highest BCUT2D eigenvalue weighted by molar-refractivity contribution is 6.05. The Balaban J connectivity index is 2.54. The molecule has 1 rings (SSSR count). The first-order valence-corrected chi connectivity index (χ1v) is 2.60. The summed E-state index contributed by atoms with van der Waals surface area (Å²) in [6.45, 7) is 1.10. The predicted molar refractivity (Wildman–Crippen MR) is 28.3 cm³/mol. The van der Waals surface area contributed by atoms with E-state index in [1.807, 2.05) is 5.32 Å². The van der Waals surface area contributed by atoms with Crippen LogP contribution in [0.3, 0.4) is 0 Å². The molecule has 5 heteroatoms. The van der Waals surface area contributed by atoms with Crippen molar-refractivity contribution in [1.82, 2.24) is 5.32 Å². The van der Waals surface area contributed by atoms with Crippen LogP contribution in [0.1, 0.15) is 6.42 Å². The van der Waals surface area contributed by atoms with Crippen LogP contribution < -0.4 is 5.32 Å². The number of carbonyl (C=O) groups is 2. The van der Waals surface area contributed by atoms with Gasteiger partial charge < -0.3 is 4.74 Å². The van der Waals surface area contributed by atoms with Gasteiger partial charge in [0.05, 0.1) is 6.42 Å². The Morgan fingerprint density at radius 3 is 2.70 bits per heavy atom. The molecule has 10 heavy (non-hydrogen) atoms. The molecule has 2 amide bonds. The number of imide groups is 1. The largest absolute Gasteiger partial charge is 0.443 e. The van der Waals surface area contributed by atoms with E-state index in [-0.39, 0.29) is 6.42 Å². The maximum Gasteiger partial charge on any atom is 0.418 e. The molecule has 1 N–H and O–H groups in total. The summed E-state index contributed by atoms with van der Waals surface area (Å²) >= 11 is 0. The van der Waals surface area contributed by atoms with Gasteiger partial charge in [-0.2, -0.15) is 0 Å². The van der Waals surface area contributed by atoms with Crippen LogP contribution in [0.5, 0.6) is 0 Å². The SMILES string of the molecule is O=[C]OC1CC(=O)NC1=O. The summed E-state index contributed by atoms with van der Waals surface area (Å²) in [6.07, 6.45) is -1.06. The Bertz CT molecular complexity index is 188. The Morgan fingerprint density at radius 1 is 1.60 bits per heavy atom. The third kappa shape index (κ3) is 1.12. The number of amides is 2. The minimum Gasteiger partial charge on any atom is -0.443 e. The third-order valence-corrected chi connectivity index (χ3v) is 1.12. The minimum absolute atomic E-state index is 0.0892. The van der Waals surface area contributed by atoms with Crippen molar-refractivity contribution in [3.63, 3.8) is 0 Å². The summed E-state index contributed by atoms with van der Waals surface area (Å²) < 4.78 is 4.15. The second kappa shape index (κ2) is 2.47. The van der Waals surface area contributed by atoms with Crippen LogP contribution in [0.25, 0.3) is 0 Å². The van der Waals surface area contributed by atoms with Gasteiger partial charge in [-0.3, -0.25) is 14.9 Å². The van der Waals surface area contributed by atoms with E-state index in [1.165, 1.54) is 0 Å². The van der Waals surface area contributed by atoms with Crippen LogP contribution in [0, 0.1) is 0 Å². The highest BCUT2D eigenvalue weighted by Gasteiger charge is 2.31. The van der Waals surface area contributed by atoms with Gasteiger partial charge in [-0.1, -0.05) is 0 Å². The third-order valence-electron chi connectivity index (χ3n) is 1.12. The smallest absolute Gasteiger partial charge is 0.418 e. The summed E-state index contributed by atoms with van der Waals surface area (Å²) in [4.78, 5) is 30.5. The van der Waals surface area contributed by atoms with Crippen molar-refractivity contribution in [2.24, 2.45) is 0 Å². The fourth-order valence-corrected chi connectivity index (χ4v) is 0.683. The van der Waals surface area contributed by atoms with Gasteiger partial charge in [-0.15, -0.1) is 0 Å². The van der Waals surface area contributed by atoms with Gasteiger partial charge in [-0.05, 0) is 0 Å². The predicted octanol–water partition coefficient (Wildman–Crippen LogP) is -1.51. The summed E-state index contributed by atoms with van der Waals surface area (Å²) in [7, 11) is 0. The molecule has 1 heterocycles. The number of nitrogens with one attached hydrogen (secondary N) is 1. The summed E-state index contributed by atoms with van der Waals surface area (Å²) in [5.41, 5.74) is 0. The molecular weight excluding hydrogens is 138 g/mol. The molecule has 1 aliphatic rings. The van der Waals surface area contributed by atoms with Crippen LogP contribution in [-0.4, -0.2) is 24.4 Å². The molecule has 0 saturated carbocycles. The fourth-order valence-electron chi connectivity index (χ4n) is 0.683. The molecule has 0 bridgehead atoms. The van der Waals surface area contributed by atoms with Gasteiger partial charge in [-0.25, -0.2) is 4.79 Å². The van der Waals surface area contributed by atoms with Crippen molar-refractivity contribution in [1.29, 1.82) is 0 Å². The Kier molecular flexibility index (Phi) is 1.66. The van der Waals surface area contributed by atoms with Crippen molar-refractivity contribution in [3.8, 4) is 0 Å². The van der Waals surface area contributed by atoms with E-state index in [0.29, 0.717) is 0 Å². The van der Waals surface area contributed by atoms with Crippen molar-refractivity contribution in [2.45, 2.75) is 12.5 Å². The molecule has 0 aliphatic carbocycles. The molecule has 1 saturated heterocycles. The van der Waals surface area contributed by atoms with Gasteiger partial charge in [0, 0.05) is 0 Å². The van der Waals surface area contributed by atoms with Crippen LogP contribution in [0.15, 0.2) is 0 Å². The first-order valence-electron chi connectivity index (χ1n) is 2.60. The molecule has 1 radical (unpaired) electrons. The standard InChI is InChI=1S/C5H4NO4/c7-2-10-3-1-4(8)6-5(3)9/h3H,1H2,(H,6,8,9). The molecule has 0 aromatic carbocycles. The van der Waals surface area contributed by atoms with E-state index in [4.69, 9.17) is 0 Å². The van der Waals surface area contributed by atoms with Gasteiger partial charge in [0.25, 0.3) is 5.91 Å². The van der Waals surface area contributed by atoms with Gasteiger partial charge in [0.1, 0.15) is 0 Å². The fraction of sp³-hybridized carbons (Fsp3) is 0.400. The lowest BCUT2D eigenvalue weighted by Crippen LogP contribution is -2.26. The van der Waals surface area contributed by atoms with E-state index < -0.39 is 17.9 Å². The highest BCUT2D eigenvalue weighted by atomic mass is 16.5. The van der Waals surface area contributed by atoms with E-state index in [0.717, 1.165) is 6.47 Å². The molecule has 0 aromatic heterocycles. The van der Waals surface area contributed by atoms with Crippen molar-refractivity contribution < 1.29 is 19.1 Å². The minimum atomic E-state index is -0.968. The van der Waals surface area contributed by atoms with Gasteiger partial charge >= 0.3 is 6.47 Å². The zero-order valence-corrected chi connectivity index (χ0v) is 4.92. The summed E-state index contributed by atoms with van der Waals surface area (Å²) in [5.74, 6) is -1.00. The van der Waals surface area contributed by atoms with Crippen molar-refractivity contribution in [3.05, 3.63) is 0 Å². The number of rotatable bonds is 2. The first-order chi connectivity index (χ1) is 4.74. The zero-order chi connectivity index (χ0) is 7.56. The Hall–Kier alpha value is -1.39. The maximum absolute atomic E-state index is 10.5. The van der Waals surface area contributed by atoms with Crippen LogP contribution in [-0.2, 0) is 19.1 Å². The Morgan fingerprint density at radius 2 is 2.30 bits per heavy atom. The molecule has 0 spiro atoms. The molecule has 1 atom stereocenters. The average Bonchev–Trinajstić information content (AvgIpc) is 2.13. The molecule has 1 aliphatic heterocycles. The monoisotopic (exact) mass is 142 g/mol. The van der Waals surface area contributed by atoms with Crippen LogP contribution >= 0.6 is 0 Å². The van der Waals surface area contributed by atoms with E-state index in [9.17, 15) is 14.4 Å². The maximum atomic E-state index is 10.5. The van der Waals surface area contributed by atoms with Crippen molar-refractivity contribution >= 4 is 18.3 Å². The summed E-state index contributed by atoms with van der Waals surface area (Å²) in [5, 5.41) is 1.97. The average molecular weight is 142 g/mol. The highest BCUT2D eigenvalue weighted by Crippen LogP contribution is 2.03. The van der Waals surface area contributed by atoms with Gasteiger partial charge in [0.2, 0.25) is 5.91 Å². The lowest BCUT2D eigenvalue weighted by Gasteiger charge is -1.98. The molecule has 1 unspecified atom stereocenters. The quantitative estimate of drug-likeness (QED) is 0.475.